The van der Waals surface area contributed by atoms with Crippen LogP contribution in [0.5, 0.6) is 0 Å². The zero-order valence-electron chi connectivity index (χ0n) is 5.91. The molecular formula is C6H11NO2S. The summed E-state index contributed by atoms with van der Waals surface area (Å²) >= 11 is 1.59. The average molecular weight is 161 g/mol. The zero-order valence-corrected chi connectivity index (χ0v) is 6.73. The Hall–Kier alpha value is -0.220. The molecule has 1 saturated heterocycles. The van der Waals surface area contributed by atoms with Crippen LogP contribution in [0.4, 0.5) is 0 Å². The van der Waals surface area contributed by atoms with Crippen LogP contribution in [-0.4, -0.2) is 47.1 Å². The number of thioether (sulfide) groups is 1. The molecule has 0 spiro atoms. The second kappa shape index (κ2) is 3.25. The van der Waals surface area contributed by atoms with E-state index >= 15 is 0 Å². The van der Waals surface area contributed by atoms with Crippen molar-refractivity contribution in [3.8, 4) is 0 Å². The summed E-state index contributed by atoms with van der Waals surface area (Å²) in [4.78, 5) is 12.6. The Kier molecular flexibility index (Phi) is 2.56. The molecule has 0 aromatic heterocycles. The first-order chi connectivity index (χ1) is 4.75. The molecule has 10 heavy (non-hydrogen) atoms. The molecule has 1 heterocycles. The van der Waals surface area contributed by atoms with Gasteiger partial charge in [-0.05, 0) is 0 Å². The van der Waals surface area contributed by atoms with Crippen LogP contribution in [0.1, 0.15) is 0 Å². The molecule has 1 fully saturated rings. The van der Waals surface area contributed by atoms with Crippen molar-refractivity contribution in [2.24, 2.45) is 0 Å². The van der Waals surface area contributed by atoms with Crippen molar-refractivity contribution in [2.45, 2.75) is 6.04 Å². The van der Waals surface area contributed by atoms with E-state index < -0.39 is 0 Å². The van der Waals surface area contributed by atoms with Crippen molar-refractivity contribution in [3.05, 3.63) is 0 Å². The van der Waals surface area contributed by atoms with Crippen molar-refractivity contribution in [1.29, 1.82) is 0 Å². The predicted octanol–water partition coefficient (Wildman–Crippen LogP) is -0.448. The lowest BCUT2D eigenvalue weighted by Gasteiger charge is -2.30. The fraction of sp³-hybridized carbons (Fsp3) is 0.833. The Morgan fingerprint density at radius 2 is 2.60 bits per heavy atom. The Morgan fingerprint density at radius 3 is 3.10 bits per heavy atom. The molecule has 1 rings (SSSR count). The van der Waals surface area contributed by atoms with Gasteiger partial charge in [0.1, 0.15) is 0 Å². The van der Waals surface area contributed by atoms with Crippen LogP contribution in [-0.2, 0) is 4.79 Å². The second-order valence-corrected chi connectivity index (χ2v) is 3.39. The zero-order chi connectivity index (χ0) is 7.56. The molecule has 0 aliphatic carbocycles. The number of amides is 1. The van der Waals surface area contributed by atoms with Crippen molar-refractivity contribution < 1.29 is 9.90 Å². The summed E-state index contributed by atoms with van der Waals surface area (Å²) in [6.45, 7) is 0.0786. The number of nitrogens with zero attached hydrogens (tertiary/aromatic N) is 1. The number of rotatable bonds is 1. The summed E-state index contributed by atoms with van der Waals surface area (Å²) in [6, 6.07) is 0.0336. The quantitative estimate of drug-likeness (QED) is 0.566. The monoisotopic (exact) mass is 161 g/mol. The van der Waals surface area contributed by atoms with Gasteiger partial charge in [-0.3, -0.25) is 4.79 Å². The second-order valence-electron chi connectivity index (χ2n) is 2.36. The minimum Gasteiger partial charge on any atom is -0.394 e. The highest BCUT2D eigenvalue weighted by Gasteiger charge is 2.23. The van der Waals surface area contributed by atoms with Gasteiger partial charge in [0.15, 0.2) is 0 Å². The summed E-state index contributed by atoms with van der Waals surface area (Å²) in [6.07, 6.45) is 0. The minimum absolute atomic E-state index is 0.0336. The lowest BCUT2D eigenvalue weighted by atomic mass is 10.3. The molecule has 0 bridgehead atoms. The number of carbonyl (C=O) groups is 1. The normalized spacial score (nSPS) is 27.2. The van der Waals surface area contributed by atoms with Crippen LogP contribution in [0.2, 0.25) is 0 Å². The number of hydrogen-bond donors (Lipinski definition) is 1. The van der Waals surface area contributed by atoms with Crippen LogP contribution in [0, 0.1) is 0 Å². The lowest BCUT2D eigenvalue weighted by molar-refractivity contribution is -0.129. The maximum atomic E-state index is 11.0. The first kappa shape index (κ1) is 7.88. The van der Waals surface area contributed by atoms with Crippen LogP contribution in [0.15, 0.2) is 0 Å². The number of aliphatic hydroxyl groups excluding tert-OH is 1. The first-order valence-electron chi connectivity index (χ1n) is 3.20. The van der Waals surface area contributed by atoms with E-state index in [0.29, 0.717) is 5.75 Å². The molecule has 0 radical (unpaired) electrons. The van der Waals surface area contributed by atoms with Gasteiger partial charge in [0, 0.05) is 12.8 Å². The lowest BCUT2D eigenvalue weighted by Crippen LogP contribution is -2.45. The smallest absolute Gasteiger partial charge is 0.232 e. The molecule has 58 valence electrons. The van der Waals surface area contributed by atoms with E-state index in [-0.39, 0.29) is 18.6 Å². The van der Waals surface area contributed by atoms with E-state index in [1.165, 1.54) is 0 Å². The van der Waals surface area contributed by atoms with E-state index in [2.05, 4.69) is 0 Å². The van der Waals surface area contributed by atoms with Crippen molar-refractivity contribution in [1.82, 2.24) is 4.90 Å². The summed E-state index contributed by atoms with van der Waals surface area (Å²) in [5.41, 5.74) is 0. The molecule has 1 atom stereocenters. The molecular weight excluding hydrogens is 150 g/mol. The standard InChI is InChI=1S/C6H11NO2S/c1-7-5(2-8)3-10-4-6(7)9/h5,8H,2-4H2,1H3. The molecule has 1 N–H and O–H groups in total. The topological polar surface area (TPSA) is 40.5 Å². The number of carbonyl (C=O) groups excluding carboxylic acids is 1. The van der Waals surface area contributed by atoms with E-state index in [1.807, 2.05) is 0 Å². The molecule has 1 unspecified atom stereocenters. The van der Waals surface area contributed by atoms with Crippen LogP contribution in [0.3, 0.4) is 0 Å². The molecule has 3 nitrogen and oxygen atoms in total. The van der Waals surface area contributed by atoms with Gasteiger partial charge in [0.2, 0.25) is 5.91 Å². The van der Waals surface area contributed by atoms with Crippen LogP contribution < -0.4 is 0 Å². The highest BCUT2D eigenvalue weighted by Crippen LogP contribution is 2.14. The van der Waals surface area contributed by atoms with Gasteiger partial charge in [-0.2, -0.15) is 0 Å². The van der Waals surface area contributed by atoms with Gasteiger partial charge >= 0.3 is 0 Å². The highest BCUT2D eigenvalue weighted by atomic mass is 32.2. The maximum Gasteiger partial charge on any atom is 0.232 e. The van der Waals surface area contributed by atoms with Gasteiger partial charge in [0.25, 0.3) is 0 Å². The Labute approximate surface area is 64.4 Å². The molecule has 1 amide bonds. The average Bonchev–Trinajstić information content (AvgIpc) is 1.95. The Bertz CT molecular complexity index is 140. The maximum absolute atomic E-state index is 11.0. The van der Waals surface area contributed by atoms with Crippen molar-refractivity contribution in [2.75, 3.05) is 25.2 Å². The van der Waals surface area contributed by atoms with Crippen LogP contribution >= 0.6 is 11.8 Å². The third kappa shape index (κ3) is 1.44. The van der Waals surface area contributed by atoms with Gasteiger partial charge in [0.05, 0.1) is 18.4 Å². The third-order valence-electron chi connectivity index (χ3n) is 1.69. The number of likely N-dealkylation sites (N-methyl/N-ethyl adjacent to an activating group) is 1. The van der Waals surface area contributed by atoms with Gasteiger partial charge in [-0.1, -0.05) is 0 Å². The van der Waals surface area contributed by atoms with E-state index in [1.54, 1.807) is 23.7 Å². The number of hydrogen-bond acceptors (Lipinski definition) is 3. The molecule has 0 saturated carbocycles. The van der Waals surface area contributed by atoms with Gasteiger partial charge < -0.3 is 10.0 Å². The summed E-state index contributed by atoms with van der Waals surface area (Å²) in [5.74, 6) is 1.54. The van der Waals surface area contributed by atoms with Gasteiger partial charge in [-0.25, -0.2) is 0 Å². The fourth-order valence-corrected chi connectivity index (χ4v) is 1.97. The van der Waals surface area contributed by atoms with Crippen LogP contribution in [0.25, 0.3) is 0 Å². The highest BCUT2D eigenvalue weighted by molar-refractivity contribution is 8.00. The Balaban J connectivity index is 2.51. The molecule has 0 aromatic carbocycles. The molecule has 1 aliphatic rings. The SMILES string of the molecule is CN1C(=O)CSCC1CO. The summed E-state index contributed by atoms with van der Waals surface area (Å²) < 4.78 is 0. The summed E-state index contributed by atoms with van der Waals surface area (Å²) in [5, 5.41) is 8.77. The van der Waals surface area contributed by atoms with E-state index in [4.69, 9.17) is 5.11 Å². The van der Waals surface area contributed by atoms with E-state index in [9.17, 15) is 4.79 Å². The third-order valence-corrected chi connectivity index (χ3v) is 2.76. The van der Waals surface area contributed by atoms with E-state index in [0.717, 1.165) is 5.75 Å². The fourth-order valence-electron chi connectivity index (χ4n) is 0.875. The predicted molar refractivity (Wildman–Crippen MR) is 41.0 cm³/mol. The first-order valence-corrected chi connectivity index (χ1v) is 4.35. The van der Waals surface area contributed by atoms with Crippen molar-refractivity contribution >= 4 is 17.7 Å². The Morgan fingerprint density at radius 1 is 1.90 bits per heavy atom. The van der Waals surface area contributed by atoms with Crippen molar-refractivity contribution in [3.63, 3.8) is 0 Å². The number of aliphatic hydroxyl groups is 1. The molecule has 4 heteroatoms. The molecule has 1 aliphatic heterocycles. The largest absolute Gasteiger partial charge is 0.394 e. The minimum atomic E-state index is 0.0336. The summed E-state index contributed by atoms with van der Waals surface area (Å²) in [7, 11) is 1.74. The van der Waals surface area contributed by atoms with Gasteiger partial charge in [-0.15, -0.1) is 11.8 Å². The molecule has 0 aromatic rings.